The smallest absolute Gasteiger partial charge is 0.408 e. The number of hydrogen-bond acceptors (Lipinski definition) is 4. The summed E-state index contributed by atoms with van der Waals surface area (Å²) in [5.74, 6) is -0.580. The third kappa shape index (κ3) is 9.68. The highest BCUT2D eigenvalue weighted by Crippen LogP contribution is 2.33. The standard InChI is InChI=1S/C33H49N3O4/c1-10-16-24(4)34-29(37)28(26-20-15-17-23(3)21-26)36(33(8,9)11-2)30(38)27(22-25-18-13-12-14-19-25)35-31(39)40-32(5,6)7/h12-15,17-21,24,27-28H,10-11,16,22H2,1-9H3,(H,34,37)(H,35,39). The Morgan fingerprint density at radius 1 is 0.925 bits per heavy atom. The summed E-state index contributed by atoms with van der Waals surface area (Å²) in [6.07, 6.45) is 1.93. The fraction of sp³-hybridized carbons (Fsp3) is 0.545. The predicted molar refractivity (Wildman–Crippen MR) is 161 cm³/mol. The van der Waals surface area contributed by atoms with Crippen LogP contribution >= 0.6 is 0 Å². The average molecular weight is 552 g/mol. The van der Waals surface area contributed by atoms with Crippen LogP contribution in [-0.4, -0.2) is 46.0 Å². The number of benzene rings is 2. The van der Waals surface area contributed by atoms with Crippen LogP contribution in [-0.2, 0) is 20.7 Å². The summed E-state index contributed by atoms with van der Waals surface area (Å²) in [6.45, 7) is 17.3. The van der Waals surface area contributed by atoms with Crippen molar-refractivity contribution in [1.29, 1.82) is 0 Å². The Balaban J connectivity index is 2.65. The first kappa shape index (κ1) is 32.9. The molecule has 0 bridgehead atoms. The van der Waals surface area contributed by atoms with Crippen LogP contribution in [0.25, 0.3) is 0 Å². The van der Waals surface area contributed by atoms with Crippen molar-refractivity contribution in [3.05, 3.63) is 71.3 Å². The molecule has 2 rings (SSSR count). The minimum absolute atomic E-state index is 0.0495. The summed E-state index contributed by atoms with van der Waals surface area (Å²) < 4.78 is 5.54. The van der Waals surface area contributed by atoms with Crippen molar-refractivity contribution in [2.75, 3.05) is 0 Å². The molecule has 220 valence electrons. The average Bonchev–Trinajstić information content (AvgIpc) is 2.85. The number of carbonyl (C=O) groups is 3. The van der Waals surface area contributed by atoms with Crippen LogP contribution in [0.1, 0.15) is 97.4 Å². The molecule has 2 N–H and O–H groups in total. The number of nitrogens with zero attached hydrogens (tertiary/aromatic N) is 1. The zero-order valence-corrected chi connectivity index (χ0v) is 25.8. The number of ether oxygens (including phenoxy) is 1. The molecule has 0 fully saturated rings. The van der Waals surface area contributed by atoms with Gasteiger partial charge in [-0.1, -0.05) is 80.4 Å². The monoisotopic (exact) mass is 551 g/mol. The maximum Gasteiger partial charge on any atom is 0.408 e. The Morgan fingerprint density at radius 2 is 1.57 bits per heavy atom. The van der Waals surface area contributed by atoms with Gasteiger partial charge in [-0.15, -0.1) is 0 Å². The molecule has 3 unspecified atom stereocenters. The first-order valence-electron chi connectivity index (χ1n) is 14.4. The quantitative estimate of drug-likeness (QED) is 0.315. The van der Waals surface area contributed by atoms with Crippen molar-refractivity contribution in [3.8, 4) is 0 Å². The summed E-state index contributed by atoms with van der Waals surface area (Å²) in [7, 11) is 0. The highest BCUT2D eigenvalue weighted by atomic mass is 16.6. The lowest BCUT2D eigenvalue weighted by Crippen LogP contribution is -2.60. The molecule has 40 heavy (non-hydrogen) atoms. The Kier molecular flexibility index (Phi) is 11.8. The van der Waals surface area contributed by atoms with Crippen LogP contribution in [0.4, 0.5) is 4.79 Å². The van der Waals surface area contributed by atoms with E-state index in [0.717, 1.165) is 29.5 Å². The highest BCUT2D eigenvalue weighted by molar-refractivity contribution is 5.93. The number of nitrogens with one attached hydrogen (secondary N) is 2. The molecule has 0 heterocycles. The minimum Gasteiger partial charge on any atom is -0.444 e. The van der Waals surface area contributed by atoms with E-state index in [1.807, 2.05) is 89.2 Å². The van der Waals surface area contributed by atoms with Gasteiger partial charge in [-0.25, -0.2) is 4.79 Å². The molecule has 0 radical (unpaired) electrons. The van der Waals surface area contributed by atoms with Crippen LogP contribution in [0.2, 0.25) is 0 Å². The third-order valence-electron chi connectivity index (χ3n) is 7.00. The van der Waals surface area contributed by atoms with Crippen LogP contribution in [0.15, 0.2) is 54.6 Å². The van der Waals surface area contributed by atoms with Gasteiger partial charge in [0.25, 0.3) is 0 Å². The van der Waals surface area contributed by atoms with Crippen LogP contribution in [0, 0.1) is 6.92 Å². The van der Waals surface area contributed by atoms with Gasteiger partial charge >= 0.3 is 6.09 Å². The molecule has 7 heteroatoms. The van der Waals surface area contributed by atoms with Gasteiger partial charge in [0.05, 0.1) is 0 Å². The van der Waals surface area contributed by atoms with E-state index in [1.54, 1.807) is 25.7 Å². The van der Waals surface area contributed by atoms with Crippen molar-refractivity contribution < 1.29 is 19.1 Å². The van der Waals surface area contributed by atoms with E-state index in [4.69, 9.17) is 4.74 Å². The second-order valence-corrected chi connectivity index (χ2v) is 12.3. The van der Waals surface area contributed by atoms with E-state index < -0.39 is 29.3 Å². The van der Waals surface area contributed by atoms with Gasteiger partial charge in [0.2, 0.25) is 11.8 Å². The molecule has 0 aliphatic rings. The van der Waals surface area contributed by atoms with Gasteiger partial charge in [0, 0.05) is 18.0 Å². The second kappa shape index (κ2) is 14.3. The van der Waals surface area contributed by atoms with Crippen molar-refractivity contribution >= 4 is 17.9 Å². The number of hydrogen-bond donors (Lipinski definition) is 2. The summed E-state index contributed by atoms with van der Waals surface area (Å²) in [4.78, 5) is 43.3. The first-order valence-corrected chi connectivity index (χ1v) is 14.4. The van der Waals surface area contributed by atoms with Crippen molar-refractivity contribution in [2.24, 2.45) is 0 Å². The Bertz CT molecular complexity index is 1120. The molecule has 7 nitrogen and oxygen atoms in total. The SMILES string of the molecule is CCCC(C)NC(=O)C(c1cccc(C)c1)N(C(=O)C(Cc1ccccc1)NC(=O)OC(C)(C)C)C(C)(C)CC. The number of aryl methyl sites for hydroxylation is 1. The Labute approximate surface area is 241 Å². The highest BCUT2D eigenvalue weighted by Gasteiger charge is 2.43. The van der Waals surface area contributed by atoms with Crippen molar-refractivity contribution in [2.45, 2.75) is 117 Å². The Hall–Kier alpha value is -3.35. The number of amides is 3. The van der Waals surface area contributed by atoms with Crippen LogP contribution < -0.4 is 10.6 Å². The van der Waals surface area contributed by atoms with Crippen molar-refractivity contribution in [3.63, 3.8) is 0 Å². The molecule has 3 atom stereocenters. The van der Waals surface area contributed by atoms with E-state index in [2.05, 4.69) is 17.6 Å². The maximum atomic E-state index is 14.6. The molecule has 0 aliphatic carbocycles. The topological polar surface area (TPSA) is 87.7 Å². The molecule has 0 saturated carbocycles. The predicted octanol–water partition coefficient (Wildman–Crippen LogP) is 6.49. The molecule has 2 aromatic rings. The van der Waals surface area contributed by atoms with Crippen molar-refractivity contribution in [1.82, 2.24) is 15.5 Å². The van der Waals surface area contributed by atoms with E-state index in [-0.39, 0.29) is 24.3 Å². The Morgan fingerprint density at radius 3 is 2.12 bits per heavy atom. The van der Waals surface area contributed by atoms with Gasteiger partial charge in [0.15, 0.2) is 0 Å². The summed E-state index contributed by atoms with van der Waals surface area (Å²) >= 11 is 0. The molecular formula is C33H49N3O4. The van der Waals surface area contributed by atoms with E-state index in [0.29, 0.717) is 6.42 Å². The van der Waals surface area contributed by atoms with Gasteiger partial charge < -0.3 is 20.3 Å². The molecule has 0 aromatic heterocycles. The third-order valence-corrected chi connectivity index (χ3v) is 7.00. The lowest BCUT2D eigenvalue weighted by Gasteiger charge is -2.45. The fourth-order valence-electron chi connectivity index (χ4n) is 4.70. The summed E-state index contributed by atoms with van der Waals surface area (Å²) in [6, 6.07) is 15.4. The molecule has 0 aliphatic heterocycles. The molecule has 0 saturated heterocycles. The number of alkyl carbamates (subject to hydrolysis) is 1. The van der Waals surface area contributed by atoms with Gasteiger partial charge in [-0.05, 0) is 72.4 Å². The van der Waals surface area contributed by atoms with E-state index in [1.165, 1.54) is 0 Å². The molecule has 3 amide bonds. The minimum atomic E-state index is -0.948. The normalized spacial score (nSPS) is 14.0. The van der Waals surface area contributed by atoms with Crippen LogP contribution in [0.5, 0.6) is 0 Å². The van der Waals surface area contributed by atoms with Crippen LogP contribution in [0.3, 0.4) is 0 Å². The molecular weight excluding hydrogens is 502 g/mol. The summed E-state index contributed by atoms with van der Waals surface area (Å²) in [5, 5.41) is 5.98. The van der Waals surface area contributed by atoms with Gasteiger partial charge in [-0.2, -0.15) is 0 Å². The molecule has 2 aromatic carbocycles. The first-order chi connectivity index (χ1) is 18.7. The molecule has 0 spiro atoms. The van der Waals surface area contributed by atoms with E-state index >= 15 is 0 Å². The number of rotatable bonds is 12. The summed E-state index contributed by atoms with van der Waals surface area (Å²) in [5.41, 5.74) is 1.17. The largest absolute Gasteiger partial charge is 0.444 e. The maximum absolute atomic E-state index is 14.6. The second-order valence-electron chi connectivity index (χ2n) is 12.3. The zero-order valence-electron chi connectivity index (χ0n) is 25.8. The lowest BCUT2D eigenvalue weighted by molar-refractivity contribution is -0.149. The fourth-order valence-corrected chi connectivity index (χ4v) is 4.70. The van der Waals surface area contributed by atoms with Gasteiger partial charge in [-0.3, -0.25) is 9.59 Å². The lowest BCUT2D eigenvalue weighted by atomic mass is 9.90. The zero-order chi connectivity index (χ0) is 30.1. The number of carbonyl (C=O) groups excluding carboxylic acids is 3. The van der Waals surface area contributed by atoms with Gasteiger partial charge in [0.1, 0.15) is 17.7 Å². The van der Waals surface area contributed by atoms with E-state index in [9.17, 15) is 14.4 Å².